The molecule has 0 unspecified atom stereocenters. The largest absolute Gasteiger partial charge is 0.450 e. The molecular formula is C19H21FN4O4. The van der Waals surface area contributed by atoms with E-state index in [2.05, 4.69) is 10.4 Å². The van der Waals surface area contributed by atoms with Crippen molar-refractivity contribution in [1.29, 1.82) is 0 Å². The summed E-state index contributed by atoms with van der Waals surface area (Å²) in [5, 5.41) is 6.84. The Morgan fingerprint density at radius 2 is 2.11 bits per heavy atom. The van der Waals surface area contributed by atoms with Crippen molar-refractivity contribution in [2.45, 2.75) is 33.0 Å². The van der Waals surface area contributed by atoms with E-state index in [-0.39, 0.29) is 26.2 Å². The smallest absolute Gasteiger partial charge is 0.410 e. The summed E-state index contributed by atoms with van der Waals surface area (Å²) in [6.07, 6.45) is 0.0375. The van der Waals surface area contributed by atoms with Gasteiger partial charge in [0, 0.05) is 36.7 Å². The lowest BCUT2D eigenvalue weighted by Gasteiger charge is -2.27. The van der Waals surface area contributed by atoms with Crippen LogP contribution in [0.4, 0.5) is 9.18 Å². The van der Waals surface area contributed by atoms with Crippen LogP contribution < -0.4 is 10.9 Å². The Kier molecular flexibility index (Phi) is 6.03. The standard InChI is InChI=1S/C19H21FN4O4/c1-2-28-19(27)23-8-7-16-14(11-23)9-18(26)24(22-16)12-17(25)21-10-13-5-3-4-6-15(13)20/h3-6,9H,2,7-8,10-12H2,1H3,(H,21,25). The molecule has 0 radical (unpaired) electrons. The molecule has 2 amide bonds. The van der Waals surface area contributed by atoms with Gasteiger partial charge in [0.1, 0.15) is 12.4 Å². The number of benzene rings is 1. The van der Waals surface area contributed by atoms with Crippen LogP contribution in [0.1, 0.15) is 23.7 Å². The molecule has 3 rings (SSSR count). The number of nitrogens with one attached hydrogen (secondary N) is 1. The molecular weight excluding hydrogens is 367 g/mol. The molecule has 9 heteroatoms. The molecule has 1 aromatic carbocycles. The lowest BCUT2D eigenvalue weighted by atomic mass is 10.1. The summed E-state index contributed by atoms with van der Waals surface area (Å²) >= 11 is 0. The molecule has 0 bridgehead atoms. The minimum Gasteiger partial charge on any atom is -0.450 e. The highest BCUT2D eigenvalue weighted by atomic mass is 19.1. The second kappa shape index (κ2) is 8.64. The van der Waals surface area contributed by atoms with E-state index in [9.17, 15) is 18.8 Å². The highest BCUT2D eigenvalue weighted by Crippen LogP contribution is 2.16. The molecule has 1 N–H and O–H groups in total. The number of carbonyl (C=O) groups is 2. The van der Waals surface area contributed by atoms with Gasteiger partial charge in [-0.2, -0.15) is 5.10 Å². The summed E-state index contributed by atoms with van der Waals surface area (Å²) < 4.78 is 19.7. The first-order valence-corrected chi connectivity index (χ1v) is 8.99. The van der Waals surface area contributed by atoms with Crippen molar-refractivity contribution < 1.29 is 18.7 Å². The number of ether oxygens (including phenoxy) is 1. The highest BCUT2D eigenvalue weighted by molar-refractivity contribution is 5.75. The van der Waals surface area contributed by atoms with E-state index in [0.717, 1.165) is 4.68 Å². The summed E-state index contributed by atoms with van der Waals surface area (Å²) in [6.45, 7) is 2.45. The van der Waals surface area contributed by atoms with Crippen molar-refractivity contribution in [2.24, 2.45) is 0 Å². The number of carbonyl (C=O) groups excluding carboxylic acids is 2. The van der Waals surface area contributed by atoms with Crippen molar-refractivity contribution in [1.82, 2.24) is 20.0 Å². The monoisotopic (exact) mass is 388 g/mol. The molecule has 2 heterocycles. The Morgan fingerprint density at radius 3 is 2.86 bits per heavy atom. The lowest BCUT2D eigenvalue weighted by molar-refractivity contribution is -0.122. The van der Waals surface area contributed by atoms with Gasteiger partial charge in [-0.15, -0.1) is 0 Å². The van der Waals surface area contributed by atoms with Crippen molar-refractivity contribution in [3.05, 3.63) is 63.3 Å². The van der Waals surface area contributed by atoms with Crippen LogP contribution in [0.5, 0.6) is 0 Å². The molecule has 1 aliphatic heterocycles. The fourth-order valence-electron chi connectivity index (χ4n) is 2.95. The molecule has 0 spiro atoms. The van der Waals surface area contributed by atoms with Crippen LogP contribution in [-0.2, 0) is 35.6 Å². The van der Waals surface area contributed by atoms with Gasteiger partial charge in [-0.25, -0.2) is 13.9 Å². The Morgan fingerprint density at radius 1 is 1.32 bits per heavy atom. The van der Waals surface area contributed by atoms with Crippen LogP contribution in [0.3, 0.4) is 0 Å². The third-order valence-electron chi connectivity index (χ3n) is 4.40. The molecule has 0 fully saturated rings. The lowest BCUT2D eigenvalue weighted by Crippen LogP contribution is -2.40. The van der Waals surface area contributed by atoms with Gasteiger partial charge in [-0.05, 0) is 13.0 Å². The molecule has 148 valence electrons. The molecule has 0 aliphatic carbocycles. The van der Waals surface area contributed by atoms with Crippen LogP contribution in [0, 0.1) is 5.82 Å². The zero-order chi connectivity index (χ0) is 20.1. The van der Waals surface area contributed by atoms with Gasteiger partial charge in [-0.3, -0.25) is 9.59 Å². The van der Waals surface area contributed by atoms with Crippen molar-refractivity contribution in [3.63, 3.8) is 0 Å². The first kappa shape index (κ1) is 19.5. The summed E-state index contributed by atoms with van der Waals surface area (Å²) in [6, 6.07) is 7.53. The Labute approximate surface area is 160 Å². The second-order valence-corrected chi connectivity index (χ2v) is 6.35. The van der Waals surface area contributed by atoms with Gasteiger partial charge in [0.25, 0.3) is 5.56 Å². The fourth-order valence-corrected chi connectivity index (χ4v) is 2.95. The van der Waals surface area contributed by atoms with Crippen molar-refractivity contribution >= 4 is 12.0 Å². The normalized spacial score (nSPS) is 13.0. The van der Waals surface area contributed by atoms with E-state index in [4.69, 9.17) is 4.74 Å². The number of rotatable bonds is 5. The number of nitrogens with zero attached hydrogens (tertiary/aromatic N) is 3. The molecule has 0 saturated heterocycles. The van der Waals surface area contributed by atoms with Crippen molar-refractivity contribution in [2.75, 3.05) is 13.2 Å². The third-order valence-corrected chi connectivity index (χ3v) is 4.40. The molecule has 1 aromatic heterocycles. The zero-order valence-electron chi connectivity index (χ0n) is 15.5. The van der Waals surface area contributed by atoms with Crippen molar-refractivity contribution in [3.8, 4) is 0 Å². The minimum absolute atomic E-state index is 0.0275. The number of amides is 2. The van der Waals surface area contributed by atoms with Crippen LogP contribution in [0.15, 0.2) is 35.1 Å². The van der Waals surface area contributed by atoms with Gasteiger partial charge < -0.3 is 15.0 Å². The van der Waals surface area contributed by atoms with E-state index in [1.54, 1.807) is 25.1 Å². The predicted molar refractivity (Wildman–Crippen MR) is 97.9 cm³/mol. The van der Waals surface area contributed by atoms with E-state index in [1.807, 2.05) is 0 Å². The number of hydrogen-bond donors (Lipinski definition) is 1. The average molecular weight is 388 g/mol. The first-order valence-electron chi connectivity index (χ1n) is 8.99. The maximum Gasteiger partial charge on any atom is 0.410 e. The van der Waals surface area contributed by atoms with Gasteiger partial charge in [0.2, 0.25) is 5.91 Å². The summed E-state index contributed by atoms with van der Waals surface area (Å²) in [5.41, 5.74) is 1.24. The zero-order valence-corrected chi connectivity index (χ0v) is 15.5. The summed E-state index contributed by atoms with van der Waals surface area (Å²) in [4.78, 5) is 37.8. The Hall–Kier alpha value is -3.23. The highest BCUT2D eigenvalue weighted by Gasteiger charge is 2.24. The number of aromatic nitrogens is 2. The topological polar surface area (TPSA) is 93.5 Å². The number of hydrogen-bond acceptors (Lipinski definition) is 5. The number of halogens is 1. The summed E-state index contributed by atoms with van der Waals surface area (Å²) in [7, 11) is 0. The van der Waals surface area contributed by atoms with E-state index < -0.39 is 23.4 Å². The number of fused-ring (bicyclic) bond motifs is 1. The fraction of sp³-hybridized carbons (Fsp3) is 0.368. The van der Waals surface area contributed by atoms with Crippen LogP contribution >= 0.6 is 0 Å². The van der Waals surface area contributed by atoms with Gasteiger partial charge >= 0.3 is 6.09 Å². The average Bonchev–Trinajstić information content (AvgIpc) is 2.68. The second-order valence-electron chi connectivity index (χ2n) is 6.35. The maximum absolute atomic E-state index is 13.6. The Bertz CT molecular complexity index is 944. The predicted octanol–water partition coefficient (Wildman–Crippen LogP) is 1.21. The molecule has 1 aliphatic rings. The molecule has 8 nitrogen and oxygen atoms in total. The van der Waals surface area contributed by atoms with Gasteiger partial charge in [-0.1, -0.05) is 18.2 Å². The summed E-state index contributed by atoms with van der Waals surface area (Å²) in [5.74, 6) is -0.847. The molecule has 28 heavy (non-hydrogen) atoms. The quantitative estimate of drug-likeness (QED) is 0.831. The molecule has 2 aromatic rings. The van der Waals surface area contributed by atoms with Gasteiger partial charge in [0.05, 0.1) is 18.8 Å². The van der Waals surface area contributed by atoms with E-state index in [1.165, 1.54) is 17.0 Å². The Balaban J connectivity index is 1.64. The SMILES string of the molecule is CCOC(=O)N1CCc2nn(CC(=O)NCc3ccccc3F)c(=O)cc2C1. The third kappa shape index (κ3) is 4.54. The van der Waals surface area contributed by atoms with Crippen LogP contribution in [0.2, 0.25) is 0 Å². The molecule has 0 saturated carbocycles. The van der Waals surface area contributed by atoms with E-state index in [0.29, 0.717) is 29.8 Å². The van der Waals surface area contributed by atoms with Gasteiger partial charge in [0.15, 0.2) is 0 Å². The maximum atomic E-state index is 13.6. The first-order chi connectivity index (χ1) is 13.5. The molecule has 0 atom stereocenters. The minimum atomic E-state index is -0.443. The van der Waals surface area contributed by atoms with Crippen LogP contribution in [0.25, 0.3) is 0 Å². The van der Waals surface area contributed by atoms with E-state index >= 15 is 0 Å². The van der Waals surface area contributed by atoms with Crippen LogP contribution in [-0.4, -0.2) is 39.8 Å².